The number of halogens is 4. The Bertz CT molecular complexity index is 1190. The molecular formula is C23H19F4N5O2. The van der Waals surface area contributed by atoms with E-state index in [4.69, 9.17) is 10.7 Å². The summed E-state index contributed by atoms with van der Waals surface area (Å²) in [6, 6.07) is 9.31. The van der Waals surface area contributed by atoms with Crippen LogP contribution in [0, 0.1) is 28.5 Å². The molecule has 0 aliphatic carbocycles. The number of nitrogens with one attached hydrogen (secondary N) is 2. The normalized spacial score (nSPS) is 18.8. The molecule has 34 heavy (non-hydrogen) atoms. The van der Waals surface area contributed by atoms with E-state index in [1.807, 2.05) is 0 Å². The summed E-state index contributed by atoms with van der Waals surface area (Å²) < 4.78 is 54.1. The molecule has 0 radical (unpaired) electrons. The lowest BCUT2D eigenvalue weighted by Crippen LogP contribution is -2.57. The highest BCUT2D eigenvalue weighted by atomic mass is 19.4. The van der Waals surface area contributed by atoms with Crippen molar-refractivity contribution < 1.29 is 27.2 Å². The van der Waals surface area contributed by atoms with Crippen molar-refractivity contribution in [3.8, 4) is 6.07 Å². The Hall–Kier alpha value is -4.07. The van der Waals surface area contributed by atoms with Crippen LogP contribution in [0.4, 0.5) is 23.2 Å². The van der Waals surface area contributed by atoms with Crippen LogP contribution in [-0.4, -0.2) is 55.0 Å². The van der Waals surface area contributed by atoms with Crippen LogP contribution in [0.15, 0.2) is 47.5 Å². The van der Waals surface area contributed by atoms with Crippen molar-refractivity contribution in [1.29, 1.82) is 10.7 Å². The first kappa shape index (κ1) is 24.6. The number of hydrogen-bond donors (Lipinski definition) is 2. The molecule has 2 aromatic carbocycles. The van der Waals surface area contributed by atoms with Gasteiger partial charge in [-0.25, -0.2) is 4.39 Å². The van der Waals surface area contributed by atoms with Crippen molar-refractivity contribution in [1.82, 2.24) is 4.90 Å². The van der Waals surface area contributed by atoms with Crippen LogP contribution in [0.25, 0.3) is 0 Å². The summed E-state index contributed by atoms with van der Waals surface area (Å²) in [5.74, 6) is -4.94. The number of fused-ring (bicyclic) bond motifs is 1. The lowest BCUT2D eigenvalue weighted by atomic mass is 9.77. The molecule has 0 saturated carbocycles. The second kappa shape index (κ2) is 9.82. The van der Waals surface area contributed by atoms with Crippen molar-refractivity contribution in [2.45, 2.75) is 18.1 Å². The monoisotopic (exact) mass is 473 g/mol. The van der Waals surface area contributed by atoms with Gasteiger partial charge in [0, 0.05) is 30.7 Å². The molecule has 1 unspecified atom stereocenters. The third-order valence-electron chi connectivity index (χ3n) is 5.38. The summed E-state index contributed by atoms with van der Waals surface area (Å²) in [6.45, 7) is -1.63. The third kappa shape index (κ3) is 4.96. The van der Waals surface area contributed by atoms with Gasteiger partial charge in [0.1, 0.15) is 18.4 Å². The maximum atomic E-state index is 13.7. The zero-order valence-electron chi connectivity index (χ0n) is 17.8. The largest absolute Gasteiger partial charge is 0.406 e. The van der Waals surface area contributed by atoms with Crippen LogP contribution in [0.1, 0.15) is 27.4 Å². The van der Waals surface area contributed by atoms with Gasteiger partial charge in [-0.3, -0.25) is 9.59 Å². The fraction of sp³-hybridized carbons (Fsp3) is 0.261. The Balaban J connectivity index is 2.15. The Kier molecular flexibility index (Phi) is 7.10. The van der Waals surface area contributed by atoms with Gasteiger partial charge in [0.2, 0.25) is 5.91 Å². The molecule has 0 saturated heterocycles. The average Bonchev–Trinajstić information content (AvgIpc) is 2.79. The molecule has 0 aromatic heterocycles. The van der Waals surface area contributed by atoms with Crippen LogP contribution in [0.2, 0.25) is 0 Å². The van der Waals surface area contributed by atoms with E-state index >= 15 is 0 Å². The molecule has 2 N–H and O–H groups in total. The first-order valence-electron chi connectivity index (χ1n) is 10.0. The van der Waals surface area contributed by atoms with Crippen LogP contribution >= 0.6 is 0 Å². The zero-order valence-corrected chi connectivity index (χ0v) is 17.8. The lowest BCUT2D eigenvalue weighted by Gasteiger charge is -2.43. The number of anilines is 1. The smallest absolute Gasteiger partial charge is 0.325 e. The second-order valence-corrected chi connectivity index (χ2v) is 7.55. The van der Waals surface area contributed by atoms with Crippen LogP contribution in [0.5, 0.6) is 0 Å². The molecule has 0 fully saturated rings. The molecule has 0 spiro atoms. The van der Waals surface area contributed by atoms with Crippen molar-refractivity contribution in [2.75, 3.05) is 18.9 Å². The number of nitriles is 1. The van der Waals surface area contributed by atoms with Crippen LogP contribution in [0.3, 0.4) is 0 Å². The molecule has 1 aliphatic heterocycles. The maximum absolute atomic E-state index is 13.7. The summed E-state index contributed by atoms with van der Waals surface area (Å²) in [4.78, 5) is 30.9. The van der Waals surface area contributed by atoms with Crippen LogP contribution in [-0.2, 0) is 4.79 Å². The Morgan fingerprint density at radius 2 is 2.03 bits per heavy atom. The minimum absolute atomic E-state index is 0.0500. The van der Waals surface area contributed by atoms with Crippen molar-refractivity contribution in [3.63, 3.8) is 0 Å². The topological polar surface area (TPSA) is 109 Å². The minimum Gasteiger partial charge on any atom is -0.325 e. The highest BCUT2D eigenvalue weighted by Crippen LogP contribution is 2.38. The first-order valence-corrected chi connectivity index (χ1v) is 10.0. The summed E-state index contributed by atoms with van der Waals surface area (Å²) in [5.41, 5.74) is -0.165. The van der Waals surface area contributed by atoms with Gasteiger partial charge < -0.3 is 20.6 Å². The van der Waals surface area contributed by atoms with Gasteiger partial charge in [-0.1, -0.05) is 18.2 Å². The van der Waals surface area contributed by atoms with E-state index in [1.54, 1.807) is 12.1 Å². The molecule has 1 heterocycles. The number of carbonyl (C=O) groups is 2. The van der Waals surface area contributed by atoms with Gasteiger partial charge >= 0.3 is 6.18 Å². The fourth-order valence-electron chi connectivity index (χ4n) is 4.02. The van der Waals surface area contributed by atoms with Gasteiger partial charge in [-0.05, 0) is 29.8 Å². The summed E-state index contributed by atoms with van der Waals surface area (Å²) in [7, 11) is 1.36. The van der Waals surface area contributed by atoms with E-state index in [-0.39, 0.29) is 22.4 Å². The standard InChI is InChI=1S/C23H19F4N5O2/c1-30-11-14(10-29)20-19(21(33)31-15-6-7-18(24)13(8-15)9-28)16-4-2-3-5-17(16)22(34)32(20)12-23(25,26)27/h2-8,10-11,14,19-20,29H,12H2,1H3,(H,31,33)/t14?,19-,20+/m1/s1. The summed E-state index contributed by atoms with van der Waals surface area (Å²) >= 11 is 0. The van der Waals surface area contributed by atoms with E-state index in [1.165, 1.54) is 37.5 Å². The van der Waals surface area contributed by atoms with Gasteiger partial charge in [-0.2, -0.15) is 18.4 Å². The number of amides is 2. The molecule has 2 aromatic rings. The number of benzene rings is 2. The first-order chi connectivity index (χ1) is 16.1. The fourth-order valence-corrected chi connectivity index (χ4v) is 4.02. The van der Waals surface area contributed by atoms with Gasteiger partial charge in [0.25, 0.3) is 5.91 Å². The summed E-state index contributed by atoms with van der Waals surface area (Å²) in [5, 5.41) is 19.3. The molecule has 2 amide bonds. The van der Waals surface area contributed by atoms with E-state index < -0.39 is 48.2 Å². The number of aliphatic imine (C=N–C) groups is 1. The van der Waals surface area contributed by atoms with E-state index in [0.29, 0.717) is 4.90 Å². The van der Waals surface area contributed by atoms with Crippen molar-refractivity contribution in [2.24, 2.45) is 10.9 Å². The van der Waals surface area contributed by atoms with Crippen molar-refractivity contribution >= 4 is 29.9 Å². The number of nitrogens with zero attached hydrogens (tertiary/aromatic N) is 3. The molecule has 3 atom stereocenters. The number of alkyl halides is 3. The number of carbonyl (C=O) groups excluding carboxylic acids is 2. The molecule has 1 aliphatic rings. The Labute approximate surface area is 192 Å². The predicted molar refractivity (Wildman–Crippen MR) is 116 cm³/mol. The molecule has 7 nitrogen and oxygen atoms in total. The third-order valence-corrected chi connectivity index (χ3v) is 5.38. The van der Waals surface area contributed by atoms with Gasteiger partial charge in [-0.15, -0.1) is 0 Å². The summed E-state index contributed by atoms with van der Waals surface area (Å²) in [6.07, 6.45) is -2.74. The number of rotatable bonds is 6. The molecule has 0 bridgehead atoms. The predicted octanol–water partition coefficient (Wildman–Crippen LogP) is 3.77. The van der Waals surface area contributed by atoms with Gasteiger partial charge in [0.15, 0.2) is 0 Å². The maximum Gasteiger partial charge on any atom is 0.406 e. The Morgan fingerprint density at radius 1 is 1.32 bits per heavy atom. The van der Waals surface area contributed by atoms with E-state index in [0.717, 1.165) is 18.3 Å². The highest BCUT2D eigenvalue weighted by Gasteiger charge is 2.49. The van der Waals surface area contributed by atoms with E-state index in [9.17, 15) is 27.2 Å². The molecule has 176 valence electrons. The molecule has 11 heteroatoms. The Morgan fingerprint density at radius 3 is 2.65 bits per heavy atom. The average molecular weight is 473 g/mol. The second-order valence-electron chi connectivity index (χ2n) is 7.55. The SMILES string of the molecule is CN=CC(C=N)[C@H]1[C@H](C(=O)Nc2ccc(F)c(C#N)c2)c2ccccc2C(=O)N1CC(F)(F)F. The molecular weight excluding hydrogens is 454 g/mol. The zero-order chi connectivity index (χ0) is 25.0. The minimum atomic E-state index is -4.77. The van der Waals surface area contributed by atoms with Crippen molar-refractivity contribution in [3.05, 3.63) is 65.0 Å². The quantitative estimate of drug-likeness (QED) is 0.492. The highest BCUT2D eigenvalue weighted by molar-refractivity contribution is 6.05. The molecule has 3 rings (SSSR count). The lowest BCUT2D eigenvalue weighted by molar-refractivity contribution is -0.148. The number of hydrogen-bond acceptors (Lipinski definition) is 5. The van der Waals surface area contributed by atoms with Gasteiger partial charge in [0.05, 0.1) is 23.4 Å². The van der Waals surface area contributed by atoms with Crippen LogP contribution < -0.4 is 5.32 Å². The van der Waals surface area contributed by atoms with E-state index in [2.05, 4.69) is 10.3 Å².